The molecule has 5 aromatic rings. The average molecular weight is 968 g/mol. The van der Waals surface area contributed by atoms with Crippen molar-refractivity contribution in [2.45, 2.75) is 109 Å². The van der Waals surface area contributed by atoms with E-state index in [0.29, 0.717) is 53.3 Å². The summed E-state index contributed by atoms with van der Waals surface area (Å²) in [6, 6.07) is 21.1. The van der Waals surface area contributed by atoms with E-state index in [1.165, 1.54) is 49.2 Å². The van der Waals surface area contributed by atoms with Gasteiger partial charge in [0, 0.05) is 123 Å². The first-order valence-corrected chi connectivity index (χ1v) is 26.1. The molecule has 1 amide bonds. The third-order valence-electron chi connectivity index (χ3n) is 17.1. The smallest absolute Gasteiger partial charge is 0.264 e. The van der Waals surface area contributed by atoms with E-state index in [1.54, 1.807) is 37.1 Å². The normalized spacial score (nSPS) is 21.7. The Morgan fingerprint density at radius 3 is 2.24 bits per heavy atom. The molecule has 3 aromatic carbocycles. The molecule has 4 fully saturated rings. The van der Waals surface area contributed by atoms with Crippen LogP contribution in [0.2, 0.25) is 5.02 Å². The van der Waals surface area contributed by atoms with Crippen LogP contribution in [0.5, 0.6) is 0 Å². The summed E-state index contributed by atoms with van der Waals surface area (Å²) >= 11 is 6.40. The van der Waals surface area contributed by atoms with Gasteiger partial charge in [0.15, 0.2) is 5.82 Å². The number of hydrogen-bond donors (Lipinski definition) is 0. The molecule has 0 radical (unpaired) electrons. The second-order valence-corrected chi connectivity index (χ2v) is 21.8. The van der Waals surface area contributed by atoms with Gasteiger partial charge in [0.05, 0.1) is 29.4 Å². The number of aromatic nitrogens is 4. The number of alkyl halides is 2. The van der Waals surface area contributed by atoms with E-state index in [4.69, 9.17) is 16.7 Å². The molecule has 5 aliphatic heterocycles. The molecule has 14 heteroatoms. The maximum atomic E-state index is 14.8. The van der Waals surface area contributed by atoms with Gasteiger partial charge in [0.2, 0.25) is 5.91 Å². The van der Waals surface area contributed by atoms with Crippen molar-refractivity contribution in [3.8, 4) is 17.2 Å². The van der Waals surface area contributed by atoms with Gasteiger partial charge in [-0.1, -0.05) is 18.2 Å². The highest BCUT2D eigenvalue weighted by atomic mass is 35.5. The lowest BCUT2D eigenvalue weighted by atomic mass is 9.77. The van der Waals surface area contributed by atoms with Gasteiger partial charge in [-0.15, -0.1) is 0 Å². The highest BCUT2D eigenvalue weighted by Crippen LogP contribution is 2.48. The zero-order valence-corrected chi connectivity index (χ0v) is 41.5. The summed E-state index contributed by atoms with van der Waals surface area (Å²) in [5.74, 6) is 2.34. The highest BCUT2D eigenvalue weighted by molar-refractivity contribution is 6.32. The number of fused-ring (bicyclic) bond motifs is 2. The van der Waals surface area contributed by atoms with E-state index in [1.807, 2.05) is 29.2 Å². The van der Waals surface area contributed by atoms with Crippen LogP contribution in [0.15, 0.2) is 79.3 Å². The van der Waals surface area contributed by atoms with E-state index in [9.17, 15) is 18.8 Å². The van der Waals surface area contributed by atoms with Crippen molar-refractivity contribution in [3.63, 3.8) is 0 Å². The molecule has 11 rings (SSSR count). The fourth-order valence-corrected chi connectivity index (χ4v) is 13.3. The summed E-state index contributed by atoms with van der Waals surface area (Å²) < 4.78 is 33.5. The van der Waals surface area contributed by atoms with Crippen molar-refractivity contribution >= 4 is 46.1 Å². The van der Waals surface area contributed by atoms with Crippen molar-refractivity contribution in [1.29, 1.82) is 5.26 Å². The first-order valence-electron chi connectivity index (χ1n) is 25.7. The number of allylic oxidation sites excluding steroid dienone is 1. The summed E-state index contributed by atoms with van der Waals surface area (Å²) in [7, 11) is 1.80. The number of piperidine rings is 2. The maximum absolute atomic E-state index is 14.8. The second-order valence-electron chi connectivity index (χ2n) is 21.4. The molecule has 6 aliphatic rings. The predicted molar refractivity (Wildman–Crippen MR) is 274 cm³/mol. The fourth-order valence-electron chi connectivity index (χ4n) is 13.1. The number of carbonyl (C=O) groups excluding carboxylic acids is 1. The maximum Gasteiger partial charge on any atom is 0.264 e. The third kappa shape index (κ3) is 8.94. The summed E-state index contributed by atoms with van der Waals surface area (Å²) in [5, 5.41) is 19.5. The van der Waals surface area contributed by atoms with Crippen LogP contribution < -0.4 is 19.6 Å². The second kappa shape index (κ2) is 19.0. The number of halogens is 3. The molecule has 0 N–H and O–H groups in total. The number of nitrogens with zero attached hydrogens (tertiary/aromatic N) is 10. The molecule has 366 valence electrons. The Morgan fingerprint density at radius 1 is 0.886 bits per heavy atom. The van der Waals surface area contributed by atoms with Crippen molar-refractivity contribution in [3.05, 3.63) is 112 Å². The number of nitriles is 1. The minimum atomic E-state index is -2.64. The van der Waals surface area contributed by atoms with Crippen LogP contribution in [0.3, 0.4) is 0 Å². The molecule has 2 aromatic heterocycles. The molecule has 11 nitrogen and oxygen atoms in total. The zero-order valence-electron chi connectivity index (χ0n) is 40.7. The van der Waals surface area contributed by atoms with Gasteiger partial charge in [-0.2, -0.15) is 15.5 Å². The topological polar surface area (TPSA) is 92.7 Å². The molecule has 7 heterocycles. The molecule has 0 unspecified atom stereocenters. The Balaban J connectivity index is 0.694. The molecule has 0 atom stereocenters. The molecule has 1 spiro atoms. The van der Waals surface area contributed by atoms with Crippen LogP contribution in [-0.2, 0) is 31.2 Å². The average Bonchev–Trinajstić information content (AvgIpc) is 4.08. The van der Waals surface area contributed by atoms with Gasteiger partial charge in [-0.25, -0.2) is 8.78 Å². The number of anilines is 5. The zero-order chi connectivity index (χ0) is 48.3. The minimum Gasteiger partial charge on any atom is -0.372 e. The Hall–Kier alpha value is -5.87. The van der Waals surface area contributed by atoms with E-state index in [-0.39, 0.29) is 16.9 Å². The Bertz CT molecular complexity index is 2810. The van der Waals surface area contributed by atoms with Crippen LogP contribution in [0, 0.1) is 28.6 Å². The minimum absolute atomic E-state index is 0.0111. The van der Waals surface area contributed by atoms with Crippen LogP contribution in [0.25, 0.3) is 11.1 Å². The monoisotopic (exact) mass is 966 g/mol. The third-order valence-corrected chi connectivity index (χ3v) is 17.4. The molecule has 3 saturated heterocycles. The lowest BCUT2D eigenvalue weighted by Crippen LogP contribution is -2.41. The van der Waals surface area contributed by atoms with Crippen molar-refractivity contribution < 1.29 is 13.6 Å². The molecule has 1 saturated carbocycles. The highest BCUT2D eigenvalue weighted by Gasteiger charge is 2.43. The van der Waals surface area contributed by atoms with E-state index >= 15 is 0 Å². The number of carbonyl (C=O) groups is 1. The van der Waals surface area contributed by atoms with Gasteiger partial charge in [-0.05, 0) is 160 Å². The first kappa shape index (κ1) is 46.5. The van der Waals surface area contributed by atoms with Crippen LogP contribution >= 0.6 is 11.6 Å². The SMILES string of the molecule is C=C1CC2(CCN(c3ccc(N4CCC(CC5CCC(n6nc(N7CCCc8cc(-c9cnn(C)c9)c(C(F)F)cc87)c7c6CCN(C(C)=O)C7)CC5)CC4)cc3)CC2)CN1c1ccc(C#N)c(Cl)c1. The van der Waals surface area contributed by atoms with E-state index < -0.39 is 6.43 Å². The Labute approximate surface area is 416 Å². The lowest BCUT2D eigenvalue weighted by Gasteiger charge is -2.40. The predicted octanol–water partition coefficient (Wildman–Crippen LogP) is 11.8. The Morgan fingerprint density at radius 2 is 1.59 bits per heavy atom. The largest absolute Gasteiger partial charge is 0.372 e. The fraction of sp³-hybridized carbons (Fsp3) is 0.500. The molecular weight excluding hydrogens is 902 g/mol. The molecule has 70 heavy (non-hydrogen) atoms. The summed E-state index contributed by atoms with van der Waals surface area (Å²) in [5.41, 5.74) is 10.9. The van der Waals surface area contributed by atoms with Crippen molar-refractivity contribution in [2.75, 3.05) is 65.4 Å². The van der Waals surface area contributed by atoms with Gasteiger partial charge in [0.25, 0.3) is 6.43 Å². The van der Waals surface area contributed by atoms with Gasteiger partial charge in [0.1, 0.15) is 6.07 Å². The quantitative estimate of drug-likeness (QED) is 0.144. The first-order chi connectivity index (χ1) is 33.9. The summed E-state index contributed by atoms with van der Waals surface area (Å²) in [6.07, 6.45) is 14.8. The Kier molecular flexibility index (Phi) is 12.7. The summed E-state index contributed by atoms with van der Waals surface area (Å²) in [6.45, 7) is 13.1. The van der Waals surface area contributed by atoms with E-state index in [0.717, 1.165) is 124 Å². The van der Waals surface area contributed by atoms with E-state index in [2.05, 4.69) is 66.3 Å². The van der Waals surface area contributed by atoms with Crippen molar-refractivity contribution in [2.24, 2.45) is 24.3 Å². The molecule has 1 aliphatic carbocycles. The number of amides is 1. The van der Waals surface area contributed by atoms with Gasteiger partial charge >= 0.3 is 0 Å². The van der Waals surface area contributed by atoms with Crippen molar-refractivity contribution in [1.82, 2.24) is 24.5 Å². The van der Waals surface area contributed by atoms with Crippen LogP contribution in [0.1, 0.15) is 118 Å². The van der Waals surface area contributed by atoms with Gasteiger partial charge < -0.3 is 24.5 Å². The van der Waals surface area contributed by atoms with Gasteiger partial charge in [-0.3, -0.25) is 14.2 Å². The number of benzene rings is 3. The van der Waals surface area contributed by atoms with Crippen LogP contribution in [-0.4, -0.2) is 76.2 Å². The number of hydrogen-bond acceptors (Lipinski definition) is 8. The van der Waals surface area contributed by atoms with Crippen LogP contribution in [0.4, 0.5) is 37.3 Å². The number of aryl methyl sites for hydroxylation is 2. The number of rotatable bonds is 9. The lowest BCUT2D eigenvalue weighted by molar-refractivity contribution is -0.129. The summed E-state index contributed by atoms with van der Waals surface area (Å²) in [4.78, 5) is 24.2. The standard InChI is InChI=1S/C56H65ClF2N10O/c1-37-31-56(36-68(37)47-11-8-42(32-60)51(57)29-47)19-25-65(26-20-56)45-14-12-44(13-15-45)64-22-16-40(17-23-64)27-39-6-9-46(10-7-39)69-52-18-24-66(38(2)70)35-50(52)55(62-69)67-21-4-5-41-28-48(43-33-61-63(3)34-43)49(54(58)59)30-53(41)67/h8,11-15,28-30,33-34,39-40,46,54H,1,4-7,9-10,16-27,31,35-36H2,2-3H3. The molecular formula is C56H65ClF2N10O. The molecule has 0 bridgehead atoms.